The Bertz CT molecular complexity index is 788. The summed E-state index contributed by atoms with van der Waals surface area (Å²) in [7, 11) is 0. The van der Waals surface area contributed by atoms with Gasteiger partial charge >= 0.3 is 5.97 Å². The Kier molecular flexibility index (Phi) is 7.11. The molecule has 0 aliphatic heterocycles. The van der Waals surface area contributed by atoms with Gasteiger partial charge in [0.15, 0.2) is 6.10 Å². The van der Waals surface area contributed by atoms with Gasteiger partial charge < -0.3 is 15.4 Å². The minimum atomic E-state index is -0.959. The standard InChI is InChI=1S/C21H24N2O4/c1-14-9-11-17(12-10-14)13-22-19(24)16(3)27-21(26)15(2)23-20(25)18-7-5-4-6-8-18/h4-12,15-16H,13H2,1-3H3,(H,22,24)(H,23,25)/t15-,16+/m0/s1. The number of carbonyl (C=O) groups excluding carboxylic acids is 3. The quantitative estimate of drug-likeness (QED) is 0.735. The first-order valence-electron chi connectivity index (χ1n) is 8.76. The van der Waals surface area contributed by atoms with Gasteiger partial charge in [0.2, 0.25) is 0 Å². The molecular formula is C21H24N2O4. The molecule has 2 N–H and O–H groups in total. The van der Waals surface area contributed by atoms with Crippen LogP contribution in [0.4, 0.5) is 0 Å². The van der Waals surface area contributed by atoms with Crippen molar-refractivity contribution in [3.63, 3.8) is 0 Å². The summed E-state index contributed by atoms with van der Waals surface area (Å²) < 4.78 is 5.15. The fraction of sp³-hybridized carbons (Fsp3) is 0.286. The van der Waals surface area contributed by atoms with Gasteiger partial charge in [0.05, 0.1) is 0 Å². The Balaban J connectivity index is 1.80. The van der Waals surface area contributed by atoms with Crippen molar-refractivity contribution >= 4 is 17.8 Å². The zero-order valence-electron chi connectivity index (χ0n) is 15.7. The lowest BCUT2D eigenvalue weighted by Crippen LogP contribution is -2.43. The summed E-state index contributed by atoms with van der Waals surface area (Å²) in [5, 5.41) is 5.28. The molecule has 0 unspecified atom stereocenters. The minimum Gasteiger partial charge on any atom is -0.451 e. The normalized spacial score (nSPS) is 12.6. The van der Waals surface area contributed by atoms with Crippen LogP contribution in [0.3, 0.4) is 0 Å². The molecule has 2 aromatic carbocycles. The van der Waals surface area contributed by atoms with E-state index in [1.54, 1.807) is 30.3 Å². The van der Waals surface area contributed by atoms with E-state index in [-0.39, 0.29) is 5.91 Å². The Labute approximate surface area is 158 Å². The van der Waals surface area contributed by atoms with Crippen LogP contribution in [-0.4, -0.2) is 29.9 Å². The number of nitrogens with one attached hydrogen (secondary N) is 2. The SMILES string of the molecule is Cc1ccc(CNC(=O)[C@@H](C)OC(=O)[C@H](C)NC(=O)c2ccccc2)cc1. The molecule has 142 valence electrons. The molecule has 0 spiro atoms. The Morgan fingerprint density at radius 1 is 0.963 bits per heavy atom. The van der Waals surface area contributed by atoms with E-state index >= 15 is 0 Å². The molecule has 6 heteroatoms. The van der Waals surface area contributed by atoms with Crippen molar-refractivity contribution in [2.45, 2.75) is 39.5 Å². The van der Waals surface area contributed by atoms with E-state index in [2.05, 4.69) is 10.6 Å². The number of rotatable bonds is 7. The summed E-state index contributed by atoms with van der Waals surface area (Å²) in [5.74, 6) is -1.45. The lowest BCUT2D eigenvalue weighted by molar-refractivity contribution is -0.156. The third kappa shape index (κ3) is 6.26. The topological polar surface area (TPSA) is 84.5 Å². The highest BCUT2D eigenvalue weighted by Gasteiger charge is 2.23. The first kappa shape index (κ1) is 20.2. The van der Waals surface area contributed by atoms with Gasteiger partial charge in [-0.2, -0.15) is 0 Å². The molecule has 2 amide bonds. The summed E-state index contributed by atoms with van der Waals surface area (Å²) in [4.78, 5) is 36.3. The molecule has 0 saturated heterocycles. The maximum absolute atomic E-state index is 12.1. The van der Waals surface area contributed by atoms with E-state index in [0.29, 0.717) is 12.1 Å². The fourth-order valence-corrected chi connectivity index (χ4v) is 2.30. The van der Waals surface area contributed by atoms with Gasteiger partial charge in [-0.3, -0.25) is 9.59 Å². The summed E-state index contributed by atoms with van der Waals surface area (Å²) in [6.45, 7) is 5.34. The van der Waals surface area contributed by atoms with Crippen molar-refractivity contribution in [2.75, 3.05) is 0 Å². The Hall–Kier alpha value is -3.15. The molecule has 0 heterocycles. The van der Waals surface area contributed by atoms with Gasteiger partial charge in [-0.05, 0) is 38.5 Å². The van der Waals surface area contributed by atoms with Crippen LogP contribution in [0.1, 0.15) is 35.3 Å². The molecule has 2 rings (SSSR count). The predicted octanol–water partition coefficient (Wildman–Crippen LogP) is 2.36. The average molecular weight is 368 g/mol. The summed E-state index contributed by atoms with van der Waals surface area (Å²) >= 11 is 0. The Morgan fingerprint density at radius 2 is 1.59 bits per heavy atom. The maximum atomic E-state index is 12.1. The van der Waals surface area contributed by atoms with Crippen molar-refractivity contribution in [1.29, 1.82) is 0 Å². The van der Waals surface area contributed by atoms with E-state index < -0.39 is 24.0 Å². The number of carbonyl (C=O) groups is 3. The highest BCUT2D eigenvalue weighted by molar-refractivity contribution is 5.96. The fourth-order valence-electron chi connectivity index (χ4n) is 2.30. The van der Waals surface area contributed by atoms with Gasteiger partial charge in [-0.25, -0.2) is 4.79 Å². The number of hydrogen-bond donors (Lipinski definition) is 2. The predicted molar refractivity (Wildman–Crippen MR) is 102 cm³/mol. The number of benzene rings is 2. The van der Waals surface area contributed by atoms with Crippen LogP contribution in [0.15, 0.2) is 54.6 Å². The molecule has 0 radical (unpaired) electrons. The van der Waals surface area contributed by atoms with Crippen LogP contribution in [0.25, 0.3) is 0 Å². The number of hydrogen-bond acceptors (Lipinski definition) is 4. The van der Waals surface area contributed by atoms with E-state index in [4.69, 9.17) is 4.74 Å². The zero-order valence-corrected chi connectivity index (χ0v) is 15.7. The molecule has 0 bridgehead atoms. The first-order chi connectivity index (χ1) is 12.9. The summed E-state index contributed by atoms with van der Waals surface area (Å²) in [6, 6.07) is 15.5. The van der Waals surface area contributed by atoms with Crippen molar-refractivity contribution in [3.8, 4) is 0 Å². The lowest BCUT2D eigenvalue weighted by Gasteiger charge is -2.17. The first-order valence-corrected chi connectivity index (χ1v) is 8.76. The number of ether oxygens (including phenoxy) is 1. The van der Waals surface area contributed by atoms with Crippen LogP contribution in [-0.2, 0) is 20.9 Å². The molecule has 2 atom stereocenters. The zero-order chi connectivity index (χ0) is 19.8. The summed E-state index contributed by atoms with van der Waals surface area (Å²) in [6.07, 6.45) is -0.959. The third-order valence-electron chi connectivity index (χ3n) is 3.99. The molecule has 0 aliphatic rings. The van der Waals surface area contributed by atoms with Crippen LogP contribution in [0, 0.1) is 6.92 Å². The van der Waals surface area contributed by atoms with Gasteiger partial charge in [-0.1, -0.05) is 48.0 Å². The van der Waals surface area contributed by atoms with Crippen LogP contribution in [0.2, 0.25) is 0 Å². The molecule has 6 nitrogen and oxygen atoms in total. The van der Waals surface area contributed by atoms with E-state index in [9.17, 15) is 14.4 Å². The molecule has 27 heavy (non-hydrogen) atoms. The molecule has 0 saturated carbocycles. The van der Waals surface area contributed by atoms with Gasteiger partial charge in [-0.15, -0.1) is 0 Å². The largest absolute Gasteiger partial charge is 0.451 e. The van der Waals surface area contributed by atoms with E-state index in [0.717, 1.165) is 11.1 Å². The number of esters is 1. The lowest BCUT2D eigenvalue weighted by atomic mass is 10.1. The van der Waals surface area contributed by atoms with Crippen LogP contribution >= 0.6 is 0 Å². The van der Waals surface area contributed by atoms with Crippen molar-refractivity contribution in [1.82, 2.24) is 10.6 Å². The summed E-state index contributed by atoms with van der Waals surface area (Å²) in [5.41, 5.74) is 2.54. The van der Waals surface area contributed by atoms with Gasteiger partial charge in [0.25, 0.3) is 11.8 Å². The second-order valence-corrected chi connectivity index (χ2v) is 6.34. The van der Waals surface area contributed by atoms with Crippen LogP contribution < -0.4 is 10.6 Å². The molecule has 2 aromatic rings. The molecule has 0 fully saturated rings. The minimum absolute atomic E-state index is 0.349. The van der Waals surface area contributed by atoms with Crippen LogP contribution in [0.5, 0.6) is 0 Å². The molecule has 0 aromatic heterocycles. The van der Waals surface area contributed by atoms with Crippen molar-refractivity contribution in [2.24, 2.45) is 0 Å². The molecular weight excluding hydrogens is 344 g/mol. The second kappa shape index (κ2) is 9.52. The average Bonchev–Trinajstić information content (AvgIpc) is 2.67. The molecule has 0 aliphatic carbocycles. The number of aryl methyl sites for hydroxylation is 1. The maximum Gasteiger partial charge on any atom is 0.329 e. The third-order valence-corrected chi connectivity index (χ3v) is 3.99. The van der Waals surface area contributed by atoms with E-state index in [1.807, 2.05) is 31.2 Å². The van der Waals surface area contributed by atoms with Gasteiger partial charge in [0.1, 0.15) is 6.04 Å². The number of amides is 2. The Morgan fingerprint density at radius 3 is 2.22 bits per heavy atom. The van der Waals surface area contributed by atoms with Crippen molar-refractivity contribution in [3.05, 3.63) is 71.3 Å². The van der Waals surface area contributed by atoms with Crippen molar-refractivity contribution < 1.29 is 19.1 Å². The highest BCUT2D eigenvalue weighted by atomic mass is 16.5. The van der Waals surface area contributed by atoms with Gasteiger partial charge in [0, 0.05) is 12.1 Å². The monoisotopic (exact) mass is 368 g/mol. The van der Waals surface area contributed by atoms with E-state index in [1.165, 1.54) is 13.8 Å². The smallest absolute Gasteiger partial charge is 0.329 e. The highest BCUT2D eigenvalue weighted by Crippen LogP contribution is 2.04. The second-order valence-electron chi connectivity index (χ2n) is 6.34.